The van der Waals surface area contributed by atoms with Crippen LogP contribution in [0.5, 0.6) is 11.6 Å². The maximum atomic E-state index is 11.0. The van der Waals surface area contributed by atoms with E-state index in [0.29, 0.717) is 5.02 Å². The van der Waals surface area contributed by atoms with E-state index in [0.717, 1.165) is 0 Å². The lowest BCUT2D eigenvalue weighted by Crippen LogP contribution is -2.01. The third kappa shape index (κ3) is 3.09. The van der Waals surface area contributed by atoms with Crippen molar-refractivity contribution in [2.45, 2.75) is 6.92 Å². The number of aromatic nitrogens is 2. The van der Waals surface area contributed by atoms with Gasteiger partial charge in [0.15, 0.2) is 0 Å². The number of ether oxygens (including phenoxy) is 1. The van der Waals surface area contributed by atoms with Gasteiger partial charge in [-0.3, -0.25) is 10.1 Å². The van der Waals surface area contributed by atoms with Crippen LogP contribution in [0.25, 0.3) is 0 Å². The summed E-state index contributed by atoms with van der Waals surface area (Å²) in [5, 5.41) is 11.5. The van der Waals surface area contributed by atoms with E-state index in [1.807, 2.05) is 0 Å². The number of hydrogen-bond donors (Lipinski definition) is 0. The Morgan fingerprint density at radius 1 is 1.20 bits per heavy atom. The molecule has 6 nitrogen and oxygen atoms in total. The largest absolute Gasteiger partial charge is 0.434 e. The Kier molecular flexibility index (Phi) is 4.27. The van der Waals surface area contributed by atoms with Crippen molar-refractivity contribution in [3.05, 3.63) is 49.3 Å². The zero-order chi connectivity index (χ0) is 14.9. The molecule has 0 spiro atoms. The van der Waals surface area contributed by atoms with Gasteiger partial charge in [-0.05, 0) is 30.7 Å². The van der Waals surface area contributed by atoms with E-state index in [1.165, 1.54) is 25.1 Å². The fourth-order valence-corrected chi connectivity index (χ4v) is 1.93. The molecule has 20 heavy (non-hydrogen) atoms. The molecule has 0 radical (unpaired) electrons. The lowest BCUT2D eigenvalue weighted by molar-refractivity contribution is -0.386. The second-order valence-corrected chi connectivity index (χ2v) is 4.82. The average molecular weight is 335 g/mol. The maximum absolute atomic E-state index is 11.0. The zero-order valence-electron chi connectivity index (χ0n) is 9.93. The minimum Gasteiger partial charge on any atom is -0.434 e. The molecule has 0 amide bonds. The van der Waals surface area contributed by atoms with Crippen molar-refractivity contribution in [2.24, 2.45) is 0 Å². The van der Waals surface area contributed by atoms with Crippen LogP contribution >= 0.6 is 34.8 Å². The molecule has 0 saturated heterocycles. The number of hydrogen-bond acceptors (Lipinski definition) is 5. The number of aryl methyl sites for hydroxylation is 1. The Morgan fingerprint density at radius 3 is 2.50 bits per heavy atom. The molecule has 0 fully saturated rings. The van der Waals surface area contributed by atoms with Crippen LogP contribution < -0.4 is 4.74 Å². The SMILES string of the molecule is Cc1nc(Cl)nc(Oc2ccc(Cl)c(Cl)c2)c1[N+](=O)[O-]. The second kappa shape index (κ2) is 5.78. The molecular weight excluding hydrogens is 328 g/mol. The van der Waals surface area contributed by atoms with Crippen molar-refractivity contribution < 1.29 is 9.66 Å². The Morgan fingerprint density at radius 2 is 1.90 bits per heavy atom. The predicted octanol–water partition coefficient (Wildman–Crippen LogP) is 4.45. The first-order valence-electron chi connectivity index (χ1n) is 5.20. The summed E-state index contributed by atoms with van der Waals surface area (Å²) in [7, 11) is 0. The first-order chi connectivity index (χ1) is 9.38. The number of nitrogens with zero attached hydrogens (tertiary/aromatic N) is 3. The summed E-state index contributed by atoms with van der Waals surface area (Å²) in [6.07, 6.45) is 0. The van der Waals surface area contributed by atoms with Crippen LogP contribution in [0.3, 0.4) is 0 Å². The molecule has 0 N–H and O–H groups in total. The van der Waals surface area contributed by atoms with Gasteiger partial charge < -0.3 is 4.74 Å². The molecule has 0 aliphatic rings. The van der Waals surface area contributed by atoms with E-state index in [9.17, 15) is 10.1 Å². The van der Waals surface area contributed by atoms with Crippen molar-refractivity contribution in [1.82, 2.24) is 9.97 Å². The van der Waals surface area contributed by atoms with E-state index in [4.69, 9.17) is 39.5 Å². The molecule has 0 saturated carbocycles. The number of halogens is 3. The third-order valence-corrected chi connectivity index (χ3v) is 3.20. The first-order valence-corrected chi connectivity index (χ1v) is 6.33. The van der Waals surface area contributed by atoms with E-state index in [2.05, 4.69) is 9.97 Å². The highest BCUT2D eigenvalue weighted by atomic mass is 35.5. The molecular formula is C11H6Cl3N3O3. The molecule has 9 heteroatoms. The summed E-state index contributed by atoms with van der Waals surface area (Å²) in [4.78, 5) is 17.8. The van der Waals surface area contributed by atoms with Crippen molar-refractivity contribution in [3.63, 3.8) is 0 Å². The Hall–Kier alpha value is -1.63. The van der Waals surface area contributed by atoms with E-state index < -0.39 is 4.92 Å². The van der Waals surface area contributed by atoms with Gasteiger partial charge in [-0.1, -0.05) is 23.2 Å². The smallest absolute Gasteiger partial charge is 0.352 e. The minimum absolute atomic E-state index is 0.102. The normalized spacial score (nSPS) is 10.4. The summed E-state index contributed by atoms with van der Waals surface area (Å²) in [5.41, 5.74) is -0.259. The van der Waals surface area contributed by atoms with Crippen LogP contribution in [-0.4, -0.2) is 14.9 Å². The van der Waals surface area contributed by atoms with Gasteiger partial charge in [0, 0.05) is 6.07 Å². The average Bonchev–Trinajstić information content (AvgIpc) is 2.32. The number of rotatable bonds is 3. The highest BCUT2D eigenvalue weighted by Crippen LogP contribution is 2.34. The number of nitro groups is 1. The molecule has 1 aromatic carbocycles. The third-order valence-electron chi connectivity index (χ3n) is 2.29. The van der Waals surface area contributed by atoms with E-state index in [-0.39, 0.29) is 33.3 Å². The Labute approximate surface area is 128 Å². The molecule has 1 aromatic heterocycles. The van der Waals surface area contributed by atoms with Crippen molar-refractivity contribution >= 4 is 40.5 Å². The summed E-state index contributed by atoms with van der Waals surface area (Å²) in [6.45, 7) is 1.44. The molecule has 2 aromatic rings. The van der Waals surface area contributed by atoms with Gasteiger partial charge in [-0.15, -0.1) is 0 Å². The molecule has 0 bridgehead atoms. The maximum Gasteiger partial charge on any atom is 0.352 e. The molecule has 1 heterocycles. The Balaban J connectivity index is 2.47. The highest BCUT2D eigenvalue weighted by molar-refractivity contribution is 6.42. The molecule has 104 valence electrons. The fraction of sp³-hybridized carbons (Fsp3) is 0.0909. The molecule has 0 unspecified atom stereocenters. The van der Waals surface area contributed by atoms with Gasteiger partial charge in [-0.25, -0.2) is 4.98 Å². The fourth-order valence-electron chi connectivity index (χ4n) is 1.44. The van der Waals surface area contributed by atoms with Crippen LogP contribution in [0.15, 0.2) is 18.2 Å². The van der Waals surface area contributed by atoms with Crippen LogP contribution in [0, 0.1) is 17.0 Å². The standard InChI is InChI=1S/C11H6Cl3N3O3/c1-5-9(17(18)19)10(16-11(14)15-5)20-6-2-3-7(12)8(13)4-6/h2-4H,1H3. The van der Waals surface area contributed by atoms with E-state index >= 15 is 0 Å². The van der Waals surface area contributed by atoms with Crippen LogP contribution in [0.4, 0.5) is 5.69 Å². The molecule has 2 rings (SSSR count). The van der Waals surface area contributed by atoms with Gasteiger partial charge in [-0.2, -0.15) is 4.98 Å². The van der Waals surface area contributed by atoms with Gasteiger partial charge in [0.1, 0.15) is 11.4 Å². The van der Waals surface area contributed by atoms with Crippen molar-refractivity contribution in [1.29, 1.82) is 0 Å². The quantitative estimate of drug-likeness (QED) is 0.471. The van der Waals surface area contributed by atoms with Gasteiger partial charge in [0.05, 0.1) is 15.0 Å². The van der Waals surface area contributed by atoms with Crippen LogP contribution in [0.2, 0.25) is 15.3 Å². The summed E-state index contributed by atoms with van der Waals surface area (Å²) >= 11 is 17.3. The zero-order valence-corrected chi connectivity index (χ0v) is 12.2. The summed E-state index contributed by atoms with van der Waals surface area (Å²) in [6, 6.07) is 4.42. The predicted molar refractivity (Wildman–Crippen MR) is 75.0 cm³/mol. The number of benzene rings is 1. The van der Waals surface area contributed by atoms with Crippen molar-refractivity contribution in [2.75, 3.05) is 0 Å². The molecule has 0 atom stereocenters. The molecule has 0 aliphatic carbocycles. The summed E-state index contributed by atoms with van der Waals surface area (Å²) < 4.78 is 5.35. The van der Waals surface area contributed by atoms with Gasteiger partial charge in [0.25, 0.3) is 0 Å². The van der Waals surface area contributed by atoms with Gasteiger partial charge in [0.2, 0.25) is 5.28 Å². The van der Waals surface area contributed by atoms with E-state index in [1.54, 1.807) is 0 Å². The lowest BCUT2D eigenvalue weighted by Gasteiger charge is -2.07. The minimum atomic E-state index is -0.640. The Bertz CT molecular complexity index is 694. The first kappa shape index (κ1) is 14.8. The van der Waals surface area contributed by atoms with Gasteiger partial charge >= 0.3 is 11.6 Å². The van der Waals surface area contributed by atoms with Crippen LogP contribution in [-0.2, 0) is 0 Å². The highest BCUT2D eigenvalue weighted by Gasteiger charge is 2.24. The van der Waals surface area contributed by atoms with Crippen LogP contribution in [0.1, 0.15) is 5.69 Å². The second-order valence-electron chi connectivity index (χ2n) is 3.67. The summed E-state index contributed by atoms with van der Waals surface area (Å²) in [5.74, 6) is -0.0115. The topological polar surface area (TPSA) is 78.2 Å². The molecule has 0 aliphatic heterocycles. The van der Waals surface area contributed by atoms with Crippen molar-refractivity contribution in [3.8, 4) is 11.6 Å². The monoisotopic (exact) mass is 333 g/mol. The lowest BCUT2D eigenvalue weighted by atomic mass is 10.3.